The Hall–Kier alpha value is -3.67. The molecule has 0 aromatic heterocycles. The van der Waals surface area contributed by atoms with Crippen molar-refractivity contribution in [2.24, 2.45) is 0 Å². The fraction of sp³-hybridized carbons (Fsp3) is 0.167. The lowest BCUT2D eigenvalue weighted by Gasteiger charge is -2.36. The van der Waals surface area contributed by atoms with Crippen LogP contribution in [-0.4, -0.2) is 19.1 Å². The second-order valence-electron chi connectivity index (χ2n) is 8.98. The van der Waals surface area contributed by atoms with E-state index in [1.165, 1.54) is 0 Å². The van der Waals surface area contributed by atoms with Crippen LogP contribution >= 0.6 is 23.2 Å². The molecule has 2 aliphatic rings. The molecule has 7 heteroatoms. The number of fused-ring (bicyclic) bond motifs is 6. The Bertz CT molecular complexity index is 1550. The van der Waals surface area contributed by atoms with E-state index in [0.717, 1.165) is 46.8 Å². The molecule has 37 heavy (non-hydrogen) atoms. The number of ether oxygens (including phenoxy) is 2. The van der Waals surface area contributed by atoms with Crippen molar-refractivity contribution in [2.45, 2.75) is 19.4 Å². The molecule has 4 aromatic rings. The highest BCUT2D eigenvalue weighted by molar-refractivity contribution is 6.44. The molecule has 0 fully saturated rings. The first kappa shape index (κ1) is 23.7. The van der Waals surface area contributed by atoms with Crippen LogP contribution in [0.4, 0.5) is 17.1 Å². The topological polar surface area (TPSA) is 50.8 Å². The molecule has 1 atom stereocenters. The fourth-order valence-electron chi connectivity index (χ4n) is 5.35. The van der Waals surface area contributed by atoms with Gasteiger partial charge in [0.05, 0.1) is 27.0 Å². The summed E-state index contributed by atoms with van der Waals surface area (Å²) in [5.41, 5.74) is 4.35. The summed E-state index contributed by atoms with van der Waals surface area (Å²) >= 11 is 13.0. The lowest BCUT2D eigenvalue weighted by molar-refractivity contribution is 0.0224. The van der Waals surface area contributed by atoms with Crippen LogP contribution in [0.5, 0.6) is 11.5 Å². The zero-order chi connectivity index (χ0) is 25.7. The van der Waals surface area contributed by atoms with E-state index < -0.39 is 5.60 Å². The molecule has 186 valence electrons. The molecule has 4 aromatic carbocycles. The van der Waals surface area contributed by atoms with Crippen LogP contribution in [0.25, 0.3) is 0 Å². The largest absolute Gasteiger partial charge is 0.456 e. The number of halogens is 2. The van der Waals surface area contributed by atoms with E-state index >= 15 is 0 Å². The van der Waals surface area contributed by atoms with Crippen LogP contribution in [-0.2, 0) is 10.3 Å². The third kappa shape index (κ3) is 3.57. The van der Waals surface area contributed by atoms with Gasteiger partial charge in [-0.2, -0.15) is 0 Å². The van der Waals surface area contributed by atoms with Crippen LogP contribution in [0.2, 0.25) is 10.0 Å². The number of nitrogens with zero attached hydrogens (tertiary/aromatic N) is 1. The highest BCUT2D eigenvalue weighted by Gasteiger charge is 2.53. The number of para-hydroxylation sites is 1. The smallest absolute Gasteiger partial charge is 0.340 e. The standard InChI is InChI=1S/C30H24Cl2N2O3/c1-3-34(4-2)28-24(16-15-23(31)27(28)32)33-18-13-14-22-26(17-18)36-25-12-8-7-11-21(25)30(22)20-10-6-5-9-19(20)29(35)37-30/h5-17,33H,3-4H2,1-2H3. The van der Waals surface area contributed by atoms with Crippen molar-refractivity contribution in [2.75, 3.05) is 23.3 Å². The molecule has 6 rings (SSSR count). The van der Waals surface area contributed by atoms with Gasteiger partial charge in [-0.3, -0.25) is 0 Å². The first-order valence-corrected chi connectivity index (χ1v) is 13.0. The lowest BCUT2D eigenvalue weighted by atomic mass is 9.77. The molecule has 1 spiro atoms. The fourth-order valence-corrected chi connectivity index (χ4v) is 5.78. The van der Waals surface area contributed by atoms with Gasteiger partial charge >= 0.3 is 5.97 Å². The second-order valence-corrected chi connectivity index (χ2v) is 9.77. The number of benzene rings is 4. The molecule has 0 amide bonds. The van der Waals surface area contributed by atoms with Crippen molar-refractivity contribution in [3.63, 3.8) is 0 Å². The van der Waals surface area contributed by atoms with Crippen molar-refractivity contribution in [3.05, 3.63) is 111 Å². The number of hydrogen-bond acceptors (Lipinski definition) is 5. The van der Waals surface area contributed by atoms with Crippen LogP contribution in [0.1, 0.15) is 40.9 Å². The van der Waals surface area contributed by atoms with E-state index in [1.54, 1.807) is 12.1 Å². The summed E-state index contributed by atoms with van der Waals surface area (Å²) in [6.07, 6.45) is 0. The van der Waals surface area contributed by atoms with Gasteiger partial charge in [0.1, 0.15) is 11.5 Å². The average molecular weight is 531 g/mol. The minimum absolute atomic E-state index is 0.347. The first-order chi connectivity index (χ1) is 18.0. The molecule has 1 unspecified atom stereocenters. The molecular weight excluding hydrogens is 507 g/mol. The predicted octanol–water partition coefficient (Wildman–Crippen LogP) is 8.15. The number of carbonyl (C=O) groups excluding carboxylic acids is 1. The van der Waals surface area contributed by atoms with Crippen LogP contribution in [0.3, 0.4) is 0 Å². The third-order valence-corrected chi connectivity index (χ3v) is 7.84. The molecule has 0 aliphatic carbocycles. The highest BCUT2D eigenvalue weighted by Crippen LogP contribution is 2.56. The Morgan fingerprint density at radius 3 is 2.32 bits per heavy atom. The maximum atomic E-state index is 13.0. The van der Waals surface area contributed by atoms with Gasteiger partial charge in [-0.1, -0.05) is 59.6 Å². The van der Waals surface area contributed by atoms with E-state index in [-0.39, 0.29) is 5.97 Å². The van der Waals surface area contributed by atoms with Gasteiger partial charge < -0.3 is 19.7 Å². The van der Waals surface area contributed by atoms with E-state index in [1.807, 2.05) is 66.7 Å². The zero-order valence-corrected chi connectivity index (χ0v) is 21.9. The van der Waals surface area contributed by atoms with Gasteiger partial charge in [0.2, 0.25) is 0 Å². The maximum Gasteiger partial charge on any atom is 0.340 e. The normalized spacial score (nSPS) is 16.9. The van der Waals surface area contributed by atoms with E-state index in [9.17, 15) is 4.79 Å². The minimum Gasteiger partial charge on any atom is -0.456 e. The third-order valence-electron chi connectivity index (χ3n) is 7.05. The van der Waals surface area contributed by atoms with Gasteiger partial charge in [0, 0.05) is 41.5 Å². The van der Waals surface area contributed by atoms with Gasteiger partial charge in [-0.05, 0) is 50.2 Å². The van der Waals surface area contributed by atoms with E-state index in [0.29, 0.717) is 27.1 Å². The van der Waals surface area contributed by atoms with Crippen LogP contribution < -0.4 is 15.0 Å². The molecule has 5 nitrogen and oxygen atoms in total. The quantitative estimate of drug-likeness (QED) is 0.264. The molecule has 0 saturated carbocycles. The van der Waals surface area contributed by atoms with Crippen molar-refractivity contribution in [1.82, 2.24) is 0 Å². The monoisotopic (exact) mass is 530 g/mol. The minimum atomic E-state index is -1.08. The van der Waals surface area contributed by atoms with Crippen LogP contribution in [0, 0.1) is 0 Å². The number of esters is 1. The number of anilines is 3. The highest BCUT2D eigenvalue weighted by atomic mass is 35.5. The van der Waals surface area contributed by atoms with E-state index in [2.05, 4.69) is 24.1 Å². The Balaban J connectivity index is 1.48. The Kier molecular flexibility index (Phi) is 5.78. The maximum absolute atomic E-state index is 13.0. The summed E-state index contributed by atoms with van der Waals surface area (Å²) in [6, 6.07) is 24.8. The molecule has 1 N–H and O–H groups in total. The van der Waals surface area contributed by atoms with Gasteiger partial charge in [-0.15, -0.1) is 0 Å². The van der Waals surface area contributed by atoms with Gasteiger partial charge in [0.25, 0.3) is 0 Å². The zero-order valence-electron chi connectivity index (χ0n) is 20.3. The molecule has 0 saturated heterocycles. The van der Waals surface area contributed by atoms with E-state index in [4.69, 9.17) is 32.7 Å². The molecule has 0 bridgehead atoms. The van der Waals surface area contributed by atoms with Gasteiger partial charge in [-0.25, -0.2) is 4.79 Å². The molecule has 2 aliphatic heterocycles. The number of rotatable bonds is 5. The Labute approximate surface area is 225 Å². The van der Waals surface area contributed by atoms with Crippen molar-refractivity contribution in [3.8, 4) is 11.5 Å². The summed E-state index contributed by atoms with van der Waals surface area (Å²) < 4.78 is 12.6. The summed E-state index contributed by atoms with van der Waals surface area (Å²) in [7, 11) is 0. The summed E-state index contributed by atoms with van der Waals surface area (Å²) in [6.45, 7) is 5.72. The number of hydrogen-bond donors (Lipinski definition) is 1. The molecule has 2 heterocycles. The Morgan fingerprint density at radius 2 is 1.54 bits per heavy atom. The SMILES string of the molecule is CCN(CC)c1c(Nc2ccc3c(c2)Oc2ccccc2C32OC(=O)c3ccccc32)ccc(Cl)c1Cl. The van der Waals surface area contributed by atoms with Crippen LogP contribution in [0.15, 0.2) is 78.9 Å². The Morgan fingerprint density at radius 1 is 0.838 bits per heavy atom. The summed E-state index contributed by atoms with van der Waals surface area (Å²) in [4.78, 5) is 15.1. The predicted molar refractivity (Wildman–Crippen MR) is 148 cm³/mol. The van der Waals surface area contributed by atoms with Crippen molar-refractivity contribution >= 4 is 46.2 Å². The average Bonchev–Trinajstić information content (AvgIpc) is 3.21. The number of nitrogens with one attached hydrogen (secondary N) is 1. The van der Waals surface area contributed by atoms with Gasteiger partial charge in [0.15, 0.2) is 5.60 Å². The second kappa shape index (κ2) is 9.02. The number of carbonyl (C=O) groups is 1. The summed E-state index contributed by atoms with van der Waals surface area (Å²) in [5, 5.41) is 4.51. The first-order valence-electron chi connectivity index (χ1n) is 12.2. The molecule has 0 radical (unpaired) electrons. The van der Waals surface area contributed by atoms with Crippen molar-refractivity contribution in [1.29, 1.82) is 0 Å². The molecular formula is C30H24Cl2N2O3. The summed E-state index contributed by atoms with van der Waals surface area (Å²) in [5.74, 6) is 0.910. The van der Waals surface area contributed by atoms with Crippen molar-refractivity contribution < 1.29 is 14.3 Å². The lowest BCUT2D eigenvalue weighted by Crippen LogP contribution is -2.32.